The number of hydrogen-bond donors (Lipinski definition) is 1. The van der Waals surface area contributed by atoms with Crippen molar-refractivity contribution in [1.29, 1.82) is 0 Å². The fraction of sp³-hybridized carbons (Fsp3) is 0.281. The number of rotatable bonds is 5. The molecule has 1 heterocycles. The van der Waals surface area contributed by atoms with Gasteiger partial charge in [0.15, 0.2) is 0 Å². The van der Waals surface area contributed by atoms with Crippen molar-refractivity contribution in [3.8, 4) is 39.4 Å². The van der Waals surface area contributed by atoms with Gasteiger partial charge in [0, 0.05) is 11.1 Å². The van der Waals surface area contributed by atoms with E-state index in [2.05, 4.69) is 36.9 Å². The molecule has 0 aliphatic heterocycles. The number of quaternary nitrogens is 1. The molecule has 2 aliphatic carbocycles. The highest BCUT2D eigenvalue weighted by Crippen LogP contribution is 2.46. The monoisotopic (exact) mass is 542 g/mol. The van der Waals surface area contributed by atoms with E-state index in [9.17, 15) is 13.0 Å². The summed E-state index contributed by atoms with van der Waals surface area (Å²) in [5.74, 6) is 0.0613. The lowest BCUT2D eigenvalue weighted by molar-refractivity contribution is -0.368. The molecule has 0 radical (unpaired) electrons. The molecular formula is C32H34N2O4S. The SMILES string of the molecule is CCCC[NH3+].COc1ccc(-c2c3c(nc4c2CCc2ccccc2-4)-c2ccccc2CC3)cc1S(=O)(=O)[O-]. The molecule has 0 bridgehead atoms. The van der Waals surface area contributed by atoms with Crippen molar-refractivity contribution in [2.75, 3.05) is 13.7 Å². The van der Waals surface area contributed by atoms with Gasteiger partial charge in [-0.05, 0) is 77.6 Å². The minimum absolute atomic E-state index is 0.0613. The standard InChI is InChI=1S/C28H23NO4S.C4H11N/c1-33-24-15-12-19(16-25(24)34(30,31)32)26-22-13-10-17-6-2-4-8-20(17)27(22)29-28-21-9-5-3-7-18(21)11-14-23(26)28;1-2-3-4-5/h2-9,12,15-16H,10-11,13-14H2,1H3,(H,30,31,32);2-5H2,1H3. The largest absolute Gasteiger partial charge is 0.744 e. The third-order valence-corrected chi connectivity index (χ3v) is 8.42. The Kier molecular flexibility index (Phi) is 7.84. The van der Waals surface area contributed by atoms with E-state index in [4.69, 9.17) is 9.72 Å². The summed E-state index contributed by atoms with van der Waals surface area (Å²) in [5, 5.41) is 0. The summed E-state index contributed by atoms with van der Waals surface area (Å²) in [6.45, 7) is 3.27. The molecule has 0 saturated carbocycles. The van der Waals surface area contributed by atoms with Crippen LogP contribution in [0, 0.1) is 0 Å². The molecule has 6 rings (SSSR count). The molecule has 3 N–H and O–H groups in total. The van der Waals surface area contributed by atoms with Gasteiger partial charge in [-0.2, -0.15) is 0 Å². The third kappa shape index (κ3) is 5.22. The van der Waals surface area contributed by atoms with E-state index < -0.39 is 10.1 Å². The highest BCUT2D eigenvalue weighted by atomic mass is 32.2. The van der Waals surface area contributed by atoms with Gasteiger partial charge in [0.2, 0.25) is 0 Å². The van der Waals surface area contributed by atoms with Crippen LogP contribution in [0.4, 0.5) is 0 Å². The van der Waals surface area contributed by atoms with Crippen LogP contribution in [0.1, 0.15) is 42.0 Å². The Labute approximate surface area is 230 Å². The third-order valence-electron chi connectivity index (χ3n) is 7.56. The lowest BCUT2D eigenvalue weighted by Gasteiger charge is -2.29. The van der Waals surface area contributed by atoms with Gasteiger partial charge in [0.1, 0.15) is 15.9 Å². The van der Waals surface area contributed by atoms with E-state index in [1.54, 1.807) is 6.07 Å². The molecule has 0 saturated heterocycles. The van der Waals surface area contributed by atoms with Gasteiger partial charge in [-0.3, -0.25) is 0 Å². The van der Waals surface area contributed by atoms with Gasteiger partial charge in [-0.15, -0.1) is 0 Å². The molecule has 0 spiro atoms. The average molecular weight is 543 g/mol. The first-order valence-corrected chi connectivity index (χ1v) is 14.9. The zero-order valence-electron chi connectivity index (χ0n) is 22.5. The number of ether oxygens (including phenoxy) is 1. The zero-order valence-corrected chi connectivity index (χ0v) is 23.3. The molecule has 0 atom stereocenters. The van der Waals surface area contributed by atoms with E-state index in [0.29, 0.717) is 5.56 Å². The van der Waals surface area contributed by atoms with Crippen molar-refractivity contribution in [3.63, 3.8) is 0 Å². The highest BCUT2D eigenvalue weighted by molar-refractivity contribution is 7.85. The molecule has 0 unspecified atom stereocenters. The summed E-state index contributed by atoms with van der Waals surface area (Å²) in [6.07, 6.45) is 5.93. The van der Waals surface area contributed by atoms with E-state index in [-0.39, 0.29) is 10.6 Å². The Bertz CT molecular complexity index is 1550. The predicted molar refractivity (Wildman–Crippen MR) is 153 cm³/mol. The maximum Gasteiger partial charge on any atom is 0.136 e. The fourth-order valence-electron chi connectivity index (χ4n) is 5.68. The minimum Gasteiger partial charge on any atom is -0.744 e. The Morgan fingerprint density at radius 2 is 1.44 bits per heavy atom. The quantitative estimate of drug-likeness (QED) is 0.348. The van der Waals surface area contributed by atoms with Crippen LogP contribution >= 0.6 is 0 Å². The summed E-state index contributed by atoms with van der Waals surface area (Å²) < 4.78 is 41.3. The first-order chi connectivity index (χ1) is 18.9. The van der Waals surface area contributed by atoms with Crippen LogP contribution in [-0.4, -0.2) is 31.6 Å². The summed E-state index contributed by atoms with van der Waals surface area (Å²) in [6, 6.07) is 21.5. The normalized spacial score (nSPS) is 13.2. The molecule has 1 aromatic heterocycles. The molecule has 202 valence electrons. The average Bonchev–Trinajstić information content (AvgIpc) is 2.96. The van der Waals surface area contributed by atoms with Crippen molar-refractivity contribution in [3.05, 3.63) is 89.0 Å². The molecule has 0 fully saturated rings. The zero-order chi connectivity index (χ0) is 27.6. The van der Waals surface area contributed by atoms with Crippen molar-refractivity contribution >= 4 is 10.1 Å². The lowest BCUT2D eigenvalue weighted by atomic mass is 9.78. The van der Waals surface area contributed by atoms with Crippen molar-refractivity contribution in [2.45, 2.75) is 50.3 Å². The highest BCUT2D eigenvalue weighted by Gasteiger charge is 2.29. The number of benzene rings is 3. The maximum absolute atomic E-state index is 12.1. The number of methoxy groups -OCH3 is 1. The first-order valence-electron chi connectivity index (χ1n) is 13.5. The Balaban J connectivity index is 0.000000567. The van der Waals surface area contributed by atoms with Gasteiger partial charge in [0.05, 0.1) is 29.9 Å². The second kappa shape index (κ2) is 11.3. The first kappa shape index (κ1) is 27.1. The number of unbranched alkanes of at least 4 members (excludes halogenated alkanes) is 1. The van der Waals surface area contributed by atoms with Gasteiger partial charge in [0.25, 0.3) is 0 Å². The Morgan fingerprint density at radius 3 is 1.90 bits per heavy atom. The second-order valence-corrected chi connectivity index (χ2v) is 11.3. The van der Waals surface area contributed by atoms with Crippen LogP contribution in [0.25, 0.3) is 33.6 Å². The summed E-state index contributed by atoms with van der Waals surface area (Å²) in [5.41, 5.74) is 14.2. The molecule has 4 aromatic rings. The number of hydrogen-bond acceptors (Lipinski definition) is 5. The molecule has 39 heavy (non-hydrogen) atoms. The summed E-state index contributed by atoms with van der Waals surface area (Å²) in [7, 11) is -3.34. The molecule has 3 aromatic carbocycles. The van der Waals surface area contributed by atoms with Crippen LogP contribution in [0.2, 0.25) is 0 Å². The topological polar surface area (TPSA) is 107 Å². The van der Waals surface area contributed by atoms with E-state index >= 15 is 0 Å². The second-order valence-electron chi connectivity index (χ2n) is 9.98. The van der Waals surface area contributed by atoms with Crippen LogP contribution < -0.4 is 10.5 Å². The number of nitrogens with zero attached hydrogens (tertiary/aromatic N) is 1. The predicted octanol–water partition coefficient (Wildman–Crippen LogP) is 5.22. The van der Waals surface area contributed by atoms with E-state index in [0.717, 1.165) is 71.4 Å². The molecule has 2 aliphatic rings. The minimum atomic E-state index is -4.71. The lowest BCUT2D eigenvalue weighted by Crippen LogP contribution is -2.49. The van der Waals surface area contributed by atoms with Gasteiger partial charge < -0.3 is 15.0 Å². The summed E-state index contributed by atoms with van der Waals surface area (Å²) >= 11 is 0. The number of pyridine rings is 1. The van der Waals surface area contributed by atoms with Gasteiger partial charge in [-0.1, -0.05) is 67.9 Å². The smallest absolute Gasteiger partial charge is 0.136 e. The van der Waals surface area contributed by atoms with Crippen molar-refractivity contribution in [1.82, 2.24) is 4.98 Å². The Morgan fingerprint density at radius 1 is 0.872 bits per heavy atom. The van der Waals surface area contributed by atoms with Crippen LogP contribution in [0.15, 0.2) is 71.6 Å². The van der Waals surface area contributed by atoms with Crippen molar-refractivity contribution < 1.29 is 23.4 Å². The summed E-state index contributed by atoms with van der Waals surface area (Å²) in [4.78, 5) is 4.89. The number of aryl methyl sites for hydroxylation is 2. The van der Waals surface area contributed by atoms with Gasteiger partial charge >= 0.3 is 0 Å². The van der Waals surface area contributed by atoms with E-state index in [1.807, 2.05) is 30.3 Å². The van der Waals surface area contributed by atoms with Gasteiger partial charge in [-0.25, -0.2) is 13.4 Å². The van der Waals surface area contributed by atoms with Crippen LogP contribution in [0.5, 0.6) is 5.75 Å². The number of aromatic nitrogens is 1. The molecule has 7 heteroatoms. The maximum atomic E-state index is 12.1. The van der Waals surface area contributed by atoms with Crippen LogP contribution in [-0.2, 0) is 35.8 Å². The number of fused-ring (bicyclic) bond motifs is 6. The van der Waals surface area contributed by atoms with E-state index in [1.165, 1.54) is 37.1 Å². The van der Waals surface area contributed by atoms with Crippen LogP contribution in [0.3, 0.4) is 0 Å². The molecule has 6 nitrogen and oxygen atoms in total. The fourth-order valence-corrected chi connectivity index (χ4v) is 6.35. The molecule has 0 amide bonds. The molecular weight excluding hydrogens is 508 g/mol. The Hall–Kier alpha value is -3.52. The van der Waals surface area contributed by atoms with Crippen molar-refractivity contribution in [2.24, 2.45) is 0 Å².